The number of carbonyl (C=O) groups is 1. The quantitative estimate of drug-likeness (QED) is 0.731. The maximum Gasteiger partial charge on any atom is 0.255 e. The zero-order valence-electron chi connectivity index (χ0n) is 10.4. The van der Waals surface area contributed by atoms with Crippen LogP contribution in [0.4, 0.5) is 5.69 Å². The lowest BCUT2D eigenvalue weighted by Crippen LogP contribution is -2.12. The number of amides is 1. The van der Waals surface area contributed by atoms with E-state index >= 15 is 0 Å². The summed E-state index contributed by atoms with van der Waals surface area (Å²) in [6, 6.07) is 13.0. The smallest absolute Gasteiger partial charge is 0.255 e. The van der Waals surface area contributed by atoms with Crippen LogP contribution >= 0.6 is 15.9 Å². The predicted molar refractivity (Wildman–Crippen MR) is 81.6 cm³/mol. The highest BCUT2D eigenvalue weighted by Gasteiger charge is 2.07. The summed E-state index contributed by atoms with van der Waals surface area (Å²) in [5.41, 5.74) is 2.11. The average molecular weight is 328 g/mol. The Bertz CT molecular complexity index is 789. The van der Waals surface area contributed by atoms with Crippen molar-refractivity contribution in [3.8, 4) is 0 Å². The van der Waals surface area contributed by atoms with E-state index in [2.05, 4.69) is 31.2 Å². The summed E-state index contributed by atoms with van der Waals surface area (Å²) in [7, 11) is 0. The average Bonchev–Trinajstić information content (AvgIpc) is 2.47. The number of pyridine rings is 2. The van der Waals surface area contributed by atoms with Crippen LogP contribution in [0.25, 0.3) is 10.9 Å². The molecule has 0 fully saturated rings. The van der Waals surface area contributed by atoms with Crippen LogP contribution in [0.5, 0.6) is 0 Å². The molecule has 1 N–H and O–H groups in total. The van der Waals surface area contributed by atoms with Gasteiger partial charge in [-0.3, -0.25) is 9.78 Å². The fourth-order valence-electron chi connectivity index (χ4n) is 1.89. The van der Waals surface area contributed by atoms with Crippen LogP contribution in [0.1, 0.15) is 10.4 Å². The largest absolute Gasteiger partial charge is 0.321 e. The minimum absolute atomic E-state index is 0.190. The van der Waals surface area contributed by atoms with Crippen LogP contribution in [-0.4, -0.2) is 15.9 Å². The van der Waals surface area contributed by atoms with Gasteiger partial charge in [0.15, 0.2) is 0 Å². The Balaban J connectivity index is 1.87. The summed E-state index contributed by atoms with van der Waals surface area (Å²) >= 11 is 3.24. The Hall–Kier alpha value is -2.27. The van der Waals surface area contributed by atoms with Gasteiger partial charge in [-0.15, -0.1) is 0 Å². The lowest BCUT2D eigenvalue weighted by molar-refractivity contribution is 0.102. The standard InChI is InChI=1S/C15H10BrN3O/c16-14-8-11(5-6-17-14)15(20)19-12-7-10-3-1-2-4-13(10)18-9-12/h1-9H,(H,19,20). The van der Waals surface area contributed by atoms with Gasteiger partial charge < -0.3 is 5.32 Å². The Morgan fingerprint density at radius 1 is 1.10 bits per heavy atom. The Morgan fingerprint density at radius 2 is 1.95 bits per heavy atom. The minimum atomic E-state index is -0.190. The van der Waals surface area contributed by atoms with Crippen molar-refractivity contribution in [1.29, 1.82) is 0 Å². The molecule has 0 aliphatic rings. The van der Waals surface area contributed by atoms with Crippen molar-refractivity contribution in [2.75, 3.05) is 5.32 Å². The van der Waals surface area contributed by atoms with Crippen LogP contribution in [0.3, 0.4) is 0 Å². The van der Waals surface area contributed by atoms with Crippen LogP contribution < -0.4 is 5.32 Å². The number of fused-ring (bicyclic) bond motifs is 1. The van der Waals surface area contributed by atoms with Gasteiger partial charge >= 0.3 is 0 Å². The third-order valence-electron chi connectivity index (χ3n) is 2.84. The molecule has 4 nitrogen and oxygen atoms in total. The number of halogens is 1. The highest BCUT2D eigenvalue weighted by molar-refractivity contribution is 9.10. The molecule has 3 rings (SSSR count). The van der Waals surface area contributed by atoms with Gasteiger partial charge in [-0.2, -0.15) is 0 Å². The van der Waals surface area contributed by atoms with Crippen molar-refractivity contribution in [3.63, 3.8) is 0 Å². The molecule has 20 heavy (non-hydrogen) atoms. The lowest BCUT2D eigenvalue weighted by atomic mass is 10.2. The molecule has 3 aromatic rings. The van der Waals surface area contributed by atoms with E-state index in [1.54, 1.807) is 24.5 Å². The van der Waals surface area contributed by atoms with Gasteiger partial charge in [0.25, 0.3) is 5.91 Å². The Morgan fingerprint density at radius 3 is 2.80 bits per heavy atom. The highest BCUT2D eigenvalue weighted by atomic mass is 79.9. The molecule has 2 heterocycles. The zero-order valence-corrected chi connectivity index (χ0v) is 12.0. The molecule has 0 aliphatic carbocycles. The normalized spacial score (nSPS) is 10.4. The summed E-state index contributed by atoms with van der Waals surface area (Å²) in [5.74, 6) is -0.190. The SMILES string of the molecule is O=C(Nc1cnc2ccccc2c1)c1ccnc(Br)c1. The number of anilines is 1. The van der Waals surface area contributed by atoms with Crippen LogP contribution in [0.15, 0.2) is 59.5 Å². The first-order valence-corrected chi connectivity index (χ1v) is 6.79. The molecule has 5 heteroatoms. The number of hydrogen-bond acceptors (Lipinski definition) is 3. The third kappa shape index (κ3) is 2.67. The summed E-state index contributed by atoms with van der Waals surface area (Å²) in [6.07, 6.45) is 3.23. The van der Waals surface area contributed by atoms with E-state index in [4.69, 9.17) is 0 Å². The topological polar surface area (TPSA) is 54.9 Å². The van der Waals surface area contributed by atoms with Gasteiger partial charge in [-0.25, -0.2) is 4.98 Å². The van der Waals surface area contributed by atoms with E-state index in [1.807, 2.05) is 30.3 Å². The summed E-state index contributed by atoms with van der Waals surface area (Å²) in [6.45, 7) is 0. The van der Waals surface area contributed by atoms with E-state index in [0.29, 0.717) is 15.9 Å². The molecule has 0 saturated carbocycles. The third-order valence-corrected chi connectivity index (χ3v) is 3.27. The van der Waals surface area contributed by atoms with E-state index in [-0.39, 0.29) is 5.91 Å². The molecule has 0 saturated heterocycles. The number of benzene rings is 1. The number of carbonyl (C=O) groups excluding carboxylic acids is 1. The van der Waals surface area contributed by atoms with Crippen LogP contribution in [-0.2, 0) is 0 Å². The van der Waals surface area contributed by atoms with E-state index < -0.39 is 0 Å². The number of nitrogens with zero attached hydrogens (tertiary/aromatic N) is 2. The van der Waals surface area contributed by atoms with Crippen molar-refractivity contribution in [2.24, 2.45) is 0 Å². The first-order valence-electron chi connectivity index (χ1n) is 6.00. The molecule has 0 radical (unpaired) electrons. The fraction of sp³-hybridized carbons (Fsp3) is 0. The fourth-order valence-corrected chi connectivity index (χ4v) is 2.25. The second-order valence-corrected chi connectivity index (χ2v) is 5.05. The molecular weight excluding hydrogens is 318 g/mol. The number of hydrogen-bond donors (Lipinski definition) is 1. The van der Waals surface area contributed by atoms with Crippen molar-refractivity contribution >= 4 is 38.4 Å². The van der Waals surface area contributed by atoms with Gasteiger partial charge in [-0.1, -0.05) is 18.2 Å². The van der Waals surface area contributed by atoms with Crippen molar-refractivity contribution in [1.82, 2.24) is 9.97 Å². The van der Waals surface area contributed by atoms with Gasteiger partial charge in [0.1, 0.15) is 4.60 Å². The predicted octanol–water partition coefficient (Wildman–Crippen LogP) is 3.64. The summed E-state index contributed by atoms with van der Waals surface area (Å²) in [4.78, 5) is 20.4. The molecule has 0 atom stereocenters. The van der Waals surface area contributed by atoms with E-state index in [0.717, 1.165) is 10.9 Å². The number of nitrogens with one attached hydrogen (secondary N) is 1. The monoisotopic (exact) mass is 327 g/mol. The molecule has 1 aromatic carbocycles. The number of rotatable bonds is 2. The maximum atomic E-state index is 12.1. The second kappa shape index (κ2) is 5.38. The second-order valence-electron chi connectivity index (χ2n) is 4.24. The molecule has 98 valence electrons. The lowest BCUT2D eigenvalue weighted by Gasteiger charge is -2.06. The minimum Gasteiger partial charge on any atom is -0.321 e. The molecule has 0 bridgehead atoms. The van der Waals surface area contributed by atoms with Gasteiger partial charge in [0.05, 0.1) is 17.4 Å². The molecule has 0 aliphatic heterocycles. The zero-order chi connectivity index (χ0) is 13.9. The molecule has 2 aromatic heterocycles. The number of aromatic nitrogens is 2. The van der Waals surface area contributed by atoms with Gasteiger partial charge in [0.2, 0.25) is 0 Å². The first-order chi connectivity index (χ1) is 9.72. The summed E-state index contributed by atoms with van der Waals surface area (Å²) < 4.78 is 0.627. The summed E-state index contributed by atoms with van der Waals surface area (Å²) in [5, 5.41) is 3.81. The first kappa shape index (κ1) is 12.7. The molecule has 1 amide bonds. The maximum absolute atomic E-state index is 12.1. The number of para-hydroxylation sites is 1. The van der Waals surface area contributed by atoms with Crippen molar-refractivity contribution in [2.45, 2.75) is 0 Å². The Labute approximate surface area is 124 Å². The highest BCUT2D eigenvalue weighted by Crippen LogP contribution is 2.17. The molecular formula is C15H10BrN3O. The van der Waals surface area contributed by atoms with Crippen LogP contribution in [0.2, 0.25) is 0 Å². The van der Waals surface area contributed by atoms with E-state index in [9.17, 15) is 4.79 Å². The van der Waals surface area contributed by atoms with Crippen LogP contribution in [0, 0.1) is 0 Å². The molecule has 0 unspecified atom stereocenters. The van der Waals surface area contributed by atoms with Crippen molar-refractivity contribution < 1.29 is 4.79 Å². The van der Waals surface area contributed by atoms with Crippen molar-refractivity contribution in [3.05, 3.63) is 65.0 Å². The Kier molecular flexibility index (Phi) is 3.43. The molecule has 0 spiro atoms. The van der Waals surface area contributed by atoms with Gasteiger partial charge in [-0.05, 0) is 40.2 Å². The van der Waals surface area contributed by atoms with Gasteiger partial charge in [0, 0.05) is 17.1 Å². The van der Waals surface area contributed by atoms with E-state index in [1.165, 1.54) is 0 Å².